The van der Waals surface area contributed by atoms with Gasteiger partial charge in [-0.25, -0.2) is 9.78 Å². The van der Waals surface area contributed by atoms with Gasteiger partial charge in [0.25, 0.3) is 5.91 Å². The highest BCUT2D eigenvalue weighted by atomic mass is 35.5. The summed E-state index contributed by atoms with van der Waals surface area (Å²) in [5, 5.41) is 8.27. The zero-order chi connectivity index (χ0) is 25.7. The summed E-state index contributed by atoms with van der Waals surface area (Å²) in [6, 6.07) is 10.7. The van der Waals surface area contributed by atoms with Gasteiger partial charge < -0.3 is 14.8 Å². The summed E-state index contributed by atoms with van der Waals surface area (Å²) in [7, 11) is 1.80. The number of benzene rings is 1. The molecule has 36 heavy (non-hydrogen) atoms. The summed E-state index contributed by atoms with van der Waals surface area (Å²) < 4.78 is 11.9. The van der Waals surface area contributed by atoms with Crippen molar-refractivity contribution in [2.45, 2.75) is 38.8 Å². The average Bonchev–Trinajstić information content (AvgIpc) is 3.28. The van der Waals surface area contributed by atoms with Crippen molar-refractivity contribution in [1.29, 1.82) is 0 Å². The number of ether oxygens (including phenoxy) is 2. The SMILES string of the molecule is CCOC(=O)OC(C)c1nn(C)cc1-c1ccc(C(=O)N(c2ncccc2Cl)[C@@H]2CCCNC2)cc1. The highest BCUT2D eigenvalue weighted by Gasteiger charge is 2.30. The van der Waals surface area contributed by atoms with Crippen molar-refractivity contribution in [2.24, 2.45) is 7.05 Å². The van der Waals surface area contributed by atoms with Crippen LogP contribution >= 0.6 is 11.6 Å². The van der Waals surface area contributed by atoms with Crippen LogP contribution in [0.1, 0.15) is 48.8 Å². The van der Waals surface area contributed by atoms with Crippen LogP contribution in [0, 0.1) is 0 Å². The number of aromatic nitrogens is 3. The van der Waals surface area contributed by atoms with Crippen LogP contribution in [-0.4, -0.2) is 52.6 Å². The second-order valence-corrected chi connectivity index (χ2v) is 9.01. The zero-order valence-corrected chi connectivity index (χ0v) is 21.4. The fourth-order valence-corrected chi connectivity index (χ4v) is 4.57. The topological polar surface area (TPSA) is 98.6 Å². The molecule has 0 bridgehead atoms. The Morgan fingerprint density at radius 3 is 2.72 bits per heavy atom. The molecule has 1 aliphatic heterocycles. The molecule has 3 aromatic rings. The Morgan fingerprint density at radius 2 is 2.06 bits per heavy atom. The van der Waals surface area contributed by atoms with Crippen molar-refractivity contribution in [1.82, 2.24) is 20.1 Å². The Hall–Kier alpha value is -3.43. The average molecular weight is 512 g/mol. The van der Waals surface area contributed by atoms with Crippen molar-refractivity contribution < 1.29 is 19.1 Å². The van der Waals surface area contributed by atoms with Gasteiger partial charge in [-0.1, -0.05) is 23.7 Å². The molecule has 2 aromatic heterocycles. The van der Waals surface area contributed by atoms with E-state index in [0.717, 1.165) is 30.5 Å². The highest BCUT2D eigenvalue weighted by Crippen LogP contribution is 2.31. The third kappa shape index (κ3) is 5.68. The van der Waals surface area contributed by atoms with Crippen LogP contribution in [0.25, 0.3) is 11.1 Å². The molecule has 0 saturated carbocycles. The van der Waals surface area contributed by atoms with E-state index in [9.17, 15) is 9.59 Å². The Labute approximate surface area is 215 Å². The third-order valence-electron chi connectivity index (χ3n) is 6.04. The van der Waals surface area contributed by atoms with E-state index in [1.807, 2.05) is 18.3 Å². The maximum absolute atomic E-state index is 13.7. The van der Waals surface area contributed by atoms with E-state index < -0.39 is 12.3 Å². The van der Waals surface area contributed by atoms with Gasteiger partial charge >= 0.3 is 6.16 Å². The number of halogens is 1. The number of hydrogen-bond acceptors (Lipinski definition) is 7. The van der Waals surface area contributed by atoms with Crippen LogP contribution in [0.2, 0.25) is 5.02 Å². The summed E-state index contributed by atoms with van der Waals surface area (Å²) in [5.74, 6) is 0.294. The summed E-state index contributed by atoms with van der Waals surface area (Å²) in [6.45, 7) is 5.29. The second-order valence-electron chi connectivity index (χ2n) is 8.61. The van der Waals surface area contributed by atoms with E-state index in [1.54, 1.807) is 60.9 Å². The summed E-state index contributed by atoms with van der Waals surface area (Å²) in [5.41, 5.74) is 2.76. The fourth-order valence-electron chi connectivity index (χ4n) is 4.36. The molecule has 10 heteroatoms. The molecule has 3 heterocycles. The molecule has 1 amide bonds. The van der Waals surface area contributed by atoms with Crippen molar-refractivity contribution in [3.05, 3.63) is 65.1 Å². The molecule has 9 nitrogen and oxygen atoms in total. The number of hydrogen-bond donors (Lipinski definition) is 1. The van der Waals surface area contributed by atoms with Crippen LogP contribution in [0.4, 0.5) is 10.6 Å². The number of pyridine rings is 1. The Balaban J connectivity index is 1.61. The highest BCUT2D eigenvalue weighted by molar-refractivity contribution is 6.33. The predicted molar refractivity (Wildman–Crippen MR) is 137 cm³/mol. The number of piperidine rings is 1. The predicted octanol–water partition coefficient (Wildman–Crippen LogP) is 4.77. The molecule has 190 valence electrons. The lowest BCUT2D eigenvalue weighted by Crippen LogP contribution is -2.49. The summed E-state index contributed by atoms with van der Waals surface area (Å²) in [4.78, 5) is 31.6. The van der Waals surface area contributed by atoms with Crippen molar-refractivity contribution >= 4 is 29.5 Å². The van der Waals surface area contributed by atoms with E-state index in [0.29, 0.717) is 28.6 Å². The molecule has 1 aliphatic rings. The fraction of sp³-hybridized carbons (Fsp3) is 0.385. The lowest BCUT2D eigenvalue weighted by molar-refractivity contribution is 0.0304. The van der Waals surface area contributed by atoms with Crippen molar-refractivity contribution in [3.63, 3.8) is 0 Å². The van der Waals surface area contributed by atoms with E-state index in [1.165, 1.54) is 0 Å². The molecule has 1 aromatic carbocycles. The van der Waals surface area contributed by atoms with Gasteiger partial charge in [0.05, 0.1) is 17.7 Å². The lowest BCUT2D eigenvalue weighted by atomic mass is 10.0. The van der Waals surface area contributed by atoms with Gasteiger partial charge in [0.1, 0.15) is 11.8 Å². The number of anilines is 1. The van der Waals surface area contributed by atoms with Crippen LogP contribution in [0.15, 0.2) is 48.8 Å². The molecule has 4 rings (SSSR count). The van der Waals surface area contributed by atoms with Crippen molar-refractivity contribution in [3.8, 4) is 11.1 Å². The zero-order valence-electron chi connectivity index (χ0n) is 20.6. The van der Waals surface area contributed by atoms with Gasteiger partial charge in [-0.3, -0.25) is 14.4 Å². The smallest absolute Gasteiger partial charge is 0.435 e. The molecular formula is C26H30ClN5O4. The molecular weight excluding hydrogens is 482 g/mol. The number of nitrogens with zero attached hydrogens (tertiary/aromatic N) is 4. The summed E-state index contributed by atoms with van der Waals surface area (Å²) >= 11 is 6.45. The number of carbonyl (C=O) groups is 2. The molecule has 0 aliphatic carbocycles. The van der Waals surface area contributed by atoms with Gasteiger partial charge in [0.15, 0.2) is 5.82 Å². The third-order valence-corrected chi connectivity index (χ3v) is 6.34. The first kappa shape index (κ1) is 25.7. The molecule has 0 radical (unpaired) electrons. The number of nitrogens with one attached hydrogen (secondary N) is 1. The molecule has 1 N–H and O–H groups in total. The molecule has 1 fully saturated rings. The molecule has 2 atom stereocenters. The summed E-state index contributed by atoms with van der Waals surface area (Å²) in [6.07, 6.45) is 3.97. The monoisotopic (exact) mass is 511 g/mol. The Bertz CT molecular complexity index is 1210. The minimum absolute atomic E-state index is 0.0517. The van der Waals surface area contributed by atoms with Crippen LogP contribution in [0.5, 0.6) is 0 Å². The largest absolute Gasteiger partial charge is 0.508 e. The minimum Gasteiger partial charge on any atom is -0.435 e. The number of amides is 1. The quantitative estimate of drug-likeness (QED) is 0.456. The first-order valence-electron chi connectivity index (χ1n) is 12.0. The van der Waals surface area contributed by atoms with Gasteiger partial charge in [0, 0.05) is 37.1 Å². The van der Waals surface area contributed by atoms with E-state index in [4.69, 9.17) is 21.1 Å². The minimum atomic E-state index is -0.743. The van der Waals surface area contributed by atoms with Crippen LogP contribution in [-0.2, 0) is 16.5 Å². The van der Waals surface area contributed by atoms with Gasteiger partial charge in [0.2, 0.25) is 0 Å². The van der Waals surface area contributed by atoms with E-state index in [2.05, 4.69) is 15.4 Å². The van der Waals surface area contributed by atoms with E-state index >= 15 is 0 Å². The maximum atomic E-state index is 13.7. The number of rotatable bonds is 7. The normalized spacial score (nSPS) is 16.3. The van der Waals surface area contributed by atoms with Crippen molar-refractivity contribution in [2.75, 3.05) is 24.6 Å². The lowest BCUT2D eigenvalue weighted by Gasteiger charge is -2.34. The molecule has 1 unspecified atom stereocenters. The van der Waals surface area contributed by atoms with Gasteiger partial charge in [-0.15, -0.1) is 0 Å². The number of carbonyl (C=O) groups excluding carboxylic acids is 2. The maximum Gasteiger partial charge on any atom is 0.508 e. The van der Waals surface area contributed by atoms with Gasteiger partial charge in [-0.05, 0) is 63.1 Å². The molecule has 1 saturated heterocycles. The number of aryl methyl sites for hydroxylation is 1. The standard InChI is InChI=1S/C26H30ClN5O4/c1-4-35-26(34)36-17(2)23-21(16-31(3)30-23)18-9-11-19(12-10-18)25(33)32(20-7-5-13-28-15-20)24-22(27)8-6-14-29-24/h6,8-12,14,16-17,20,28H,4-5,7,13,15H2,1-3H3/t17?,20-/m1/s1. The van der Waals surface area contributed by atoms with Crippen LogP contribution in [0.3, 0.4) is 0 Å². The first-order chi connectivity index (χ1) is 17.4. The molecule has 0 spiro atoms. The van der Waals surface area contributed by atoms with E-state index in [-0.39, 0.29) is 18.6 Å². The second kappa shape index (κ2) is 11.5. The van der Waals surface area contributed by atoms with Crippen LogP contribution < -0.4 is 10.2 Å². The van der Waals surface area contributed by atoms with Gasteiger partial charge in [-0.2, -0.15) is 5.10 Å². The Morgan fingerprint density at radius 1 is 1.28 bits per heavy atom. The Kier molecular flexibility index (Phi) is 8.22. The first-order valence-corrected chi connectivity index (χ1v) is 12.4.